The molecule has 0 aromatic carbocycles. The highest BCUT2D eigenvalue weighted by atomic mass is 16.2. The largest absolute Gasteiger partial charge is 0.345 e. The van der Waals surface area contributed by atoms with Crippen molar-refractivity contribution in [3.05, 3.63) is 33.7 Å². The summed E-state index contributed by atoms with van der Waals surface area (Å²) >= 11 is 0. The molecule has 3 fully saturated rings. The molecule has 3 heterocycles. The maximum absolute atomic E-state index is 13.4. The summed E-state index contributed by atoms with van der Waals surface area (Å²) in [5.74, 6) is 0.812. The average molecular weight is 401 g/mol. The third-order valence-corrected chi connectivity index (χ3v) is 7.30. The number of likely N-dealkylation sites (tertiary alicyclic amines) is 1. The number of aromatic nitrogens is 1. The maximum atomic E-state index is 13.4. The van der Waals surface area contributed by atoms with E-state index in [1.807, 2.05) is 38.2 Å². The van der Waals surface area contributed by atoms with Crippen molar-refractivity contribution in [3.8, 4) is 0 Å². The Morgan fingerprint density at radius 2 is 1.86 bits per heavy atom. The number of carbonyl (C=O) groups excluding carboxylic acids is 2. The Morgan fingerprint density at radius 3 is 2.59 bits per heavy atom. The van der Waals surface area contributed by atoms with Crippen molar-refractivity contribution < 1.29 is 9.59 Å². The number of pyridine rings is 1. The number of hydrogen-bond donors (Lipinski definition) is 1. The van der Waals surface area contributed by atoms with Crippen LogP contribution in [0.3, 0.4) is 0 Å². The van der Waals surface area contributed by atoms with Gasteiger partial charge in [0.1, 0.15) is 5.56 Å². The third-order valence-electron chi connectivity index (χ3n) is 7.30. The van der Waals surface area contributed by atoms with E-state index in [1.54, 1.807) is 9.47 Å². The normalized spacial score (nSPS) is 27.8. The van der Waals surface area contributed by atoms with Crippen molar-refractivity contribution in [2.45, 2.75) is 51.1 Å². The molecule has 0 bridgehead atoms. The molecule has 3 aliphatic rings. The van der Waals surface area contributed by atoms with Gasteiger partial charge >= 0.3 is 0 Å². The zero-order chi connectivity index (χ0) is 20.7. The first kappa shape index (κ1) is 20.1. The van der Waals surface area contributed by atoms with Gasteiger partial charge in [0.15, 0.2) is 0 Å². The summed E-state index contributed by atoms with van der Waals surface area (Å²) in [6.07, 6.45) is 5.97. The van der Waals surface area contributed by atoms with E-state index in [0.717, 1.165) is 50.9 Å². The van der Waals surface area contributed by atoms with Crippen LogP contribution < -0.4 is 10.9 Å². The minimum Gasteiger partial charge on any atom is -0.345 e. The summed E-state index contributed by atoms with van der Waals surface area (Å²) in [7, 11) is 3.67. The molecule has 3 atom stereocenters. The molecule has 1 N–H and O–H groups in total. The number of nitrogens with one attached hydrogen (secondary N) is 1. The molecule has 0 unspecified atom stereocenters. The van der Waals surface area contributed by atoms with Crippen LogP contribution in [0.5, 0.6) is 0 Å². The van der Waals surface area contributed by atoms with Crippen molar-refractivity contribution >= 4 is 11.8 Å². The van der Waals surface area contributed by atoms with Gasteiger partial charge in [-0.2, -0.15) is 0 Å². The average Bonchev–Trinajstić information content (AvgIpc) is 3.11. The lowest BCUT2D eigenvalue weighted by molar-refractivity contribution is -0.134. The quantitative estimate of drug-likeness (QED) is 0.833. The minimum atomic E-state index is -0.181. The molecule has 7 nitrogen and oxygen atoms in total. The lowest BCUT2D eigenvalue weighted by atomic mass is 9.88. The first-order chi connectivity index (χ1) is 13.9. The Balaban J connectivity index is 1.55. The van der Waals surface area contributed by atoms with Crippen LogP contribution in [-0.2, 0) is 4.79 Å². The van der Waals surface area contributed by atoms with Gasteiger partial charge in [-0.3, -0.25) is 14.4 Å². The third kappa shape index (κ3) is 3.72. The van der Waals surface area contributed by atoms with Gasteiger partial charge in [-0.25, -0.2) is 0 Å². The van der Waals surface area contributed by atoms with Crippen LogP contribution in [0.1, 0.15) is 54.1 Å². The number of nitrogens with zero attached hydrogens (tertiary/aromatic N) is 3. The highest BCUT2D eigenvalue weighted by Crippen LogP contribution is 2.40. The molecular formula is C22H32N4O3. The van der Waals surface area contributed by atoms with E-state index in [-0.39, 0.29) is 29.5 Å². The Morgan fingerprint density at radius 1 is 1.17 bits per heavy atom. The van der Waals surface area contributed by atoms with Crippen LogP contribution in [0.15, 0.2) is 17.1 Å². The number of rotatable bonds is 3. The molecule has 29 heavy (non-hydrogen) atoms. The number of amides is 2. The molecule has 4 rings (SSSR count). The van der Waals surface area contributed by atoms with Gasteiger partial charge in [0.2, 0.25) is 5.91 Å². The topological polar surface area (TPSA) is 74.6 Å². The lowest BCUT2D eigenvalue weighted by Crippen LogP contribution is -2.42. The minimum absolute atomic E-state index is 0.0862. The summed E-state index contributed by atoms with van der Waals surface area (Å²) in [5.41, 5.74) is 0.873. The van der Waals surface area contributed by atoms with Gasteiger partial charge in [-0.15, -0.1) is 0 Å². The molecule has 1 aromatic heterocycles. The first-order valence-corrected chi connectivity index (χ1v) is 10.8. The van der Waals surface area contributed by atoms with E-state index in [4.69, 9.17) is 0 Å². The predicted molar refractivity (Wildman–Crippen MR) is 111 cm³/mol. The standard InChI is InChI=1S/C22H32N4O3/c1-14-6-9-26(17-4-7-23-8-5-17)22(29)20(14)21(28)25(3)18-10-15-12-19(27)24(2)13-16(15)11-18/h6,9,15-18,23H,4-5,7-8,10-13H2,1-3H3/t15-,16+,18-/m0/s1. The second kappa shape index (κ2) is 7.94. The van der Waals surface area contributed by atoms with Gasteiger partial charge in [0, 0.05) is 45.3 Å². The van der Waals surface area contributed by atoms with Crippen molar-refractivity contribution in [2.75, 3.05) is 33.7 Å². The zero-order valence-corrected chi connectivity index (χ0v) is 17.7. The zero-order valence-electron chi connectivity index (χ0n) is 17.7. The lowest BCUT2D eigenvalue weighted by Gasteiger charge is -2.31. The molecule has 1 aromatic rings. The number of hydrogen-bond acceptors (Lipinski definition) is 4. The Hall–Kier alpha value is -2.15. The number of carbonyl (C=O) groups is 2. The fourth-order valence-electron chi connectivity index (χ4n) is 5.42. The van der Waals surface area contributed by atoms with Gasteiger partial charge in [0.25, 0.3) is 11.5 Å². The predicted octanol–water partition coefficient (Wildman–Crippen LogP) is 1.41. The molecule has 2 saturated heterocycles. The van der Waals surface area contributed by atoms with Crippen molar-refractivity contribution in [2.24, 2.45) is 11.8 Å². The molecule has 0 spiro atoms. The maximum Gasteiger partial charge on any atom is 0.263 e. The molecule has 158 valence electrons. The molecule has 2 aliphatic heterocycles. The first-order valence-electron chi connectivity index (χ1n) is 10.8. The monoisotopic (exact) mass is 400 g/mol. The van der Waals surface area contributed by atoms with Crippen LogP contribution >= 0.6 is 0 Å². The van der Waals surface area contributed by atoms with E-state index in [0.29, 0.717) is 23.8 Å². The van der Waals surface area contributed by atoms with E-state index in [9.17, 15) is 14.4 Å². The summed E-state index contributed by atoms with van der Waals surface area (Å²) in [6, 6.07) is 2.13. The highest BCUT2D eigenvalue weighted by Gasteiger charge is 2.42. The Bertz CT molecular complexity index is 858. The van der Waals surface area contributed by atoms with E-state index < -0.39 is 0 Å². The van der Waals surface area contributed by atoms with Crippen LogP contribution in [0.25, 0.3) is 0 Å². The van der Waals surface area contributed by atoms with Gasteiger partial charge < -0.3 is 19.7 Å². The Kier molecular flexibility index (Phi) is 5.51. The summed E-state index contributed by atoms with van der Waals surface area (Å²) in [4.78, 5) is 42.2. The second-order valence-corrected chi connectivity index (χ2v) is 9.11. The number of piperidine rings is 2. The van der Waals surface area contributed by atoms with Crippen LogP contribution in [0.4, 0.5) is 0 Å². The molecule has 2 amide bonds. The molecule has 7 heteroatoms. The van der Waals surface area contributed by atoms with Crippen LogP contribution in [0, 0.1) is 18.8 Å². The fourth-order valence-corrected chi connectivity index (χ4v) is 5.42. The fraction of sp³-hybridized carbons (Fsp3) is 0.682. The molecule has 1 aliphatic carbocycles. The Labute approximate surface area is 172 Å². The van der Waals surface area contributed by atoms with Crippen molar-refractivity contribution in [1.82, 2.24) is 19.7 Å². The van der Waals surface area contributed by atoms with Crippen LogP contribution in [-0.4, -0.2) is 66.0 Å². The van der Waals surface area contributed by atoms with Gasteiger partial charge in [-0.1, -0.05) is 0 Å². The summed E-state index contributed by atoms with van der Waals surface area (Å²) in [5, 5.41) is 3.32. The highest BCUT2D eigenvalue weighted by molar-refractivity contribution is 5.95. The second-order valence-electron chi connectivity index (χ2n) is 9.11. The summed E-state index contributed by atoms with van der Waals surface area (Å²) < 4.78 is 1.76. The van der Waals surface area contributed by atoms with E-state index in [2.05, 4.69) is 5.32 Å². The SMILES string of the molecule is Cc1ccn(C2CCNCC2)c(=O)c1C(=O)N(C)[C@H]1C[C@H]2CC(=O)N(C)C[C@H]2C1. The van der Waals surface area contributed by atoms with Crippen molar-refractivity contribution in [1.29, 1.82) is 0 Å². The van der Waals surface area contributed by atoms with E-state index in [1.165, 1.54) is 0 Å². The summed E-state index contributed by atoms with van der Waals surface area (Å²) in [6.45, 7) is 4.41. The molecule has 0 radical (unpaired) electrons. The van der Waals surface area contributed by atoms with Crippen molar-refractivity contribution in [3.63, 3.8) is 0 Å². The smallest absolute Gasteiger partial charge is 0.263 e. The van der Waals surface area contributed by atoms with Gasteiger partial charge in [0.05, 0.1) is 0 Å². The number of aryl methyl sites for hydroxylation is 1. The van der Waals surface area contributed by atoms with Gasteiger partial charge in [-0.05, 0) is 69.2 Å². The van der Waals surface area contributed by atoms with Crippen LogP contribution in [0.2, 0.25) is 0 Å². The molecular weight excluding hydrogens is 368 g/mol. The molecule has 1 saturated carbocycles. The number of fused-ring (bicyclic) bond motifs is 1. The van der Waals surface area contributed by atoms with E-state index >= 15 is 0 Å².